The van der Waals surface area contributed by atoms with Gasteiger partial charge in [-0.2, -0.15) is 0 Å². The third-order valence-corrected chi connectivity index (χ3v) is 3.32. The monoisotopic (exact) mass is 274 g/mol. The molecule has 0 heterocycles. The number of carbonyl (C=O) groups is 1. The van der Waals surface area contributed by atoms with Crippen molar-refractivity contribution in [3.05, 3.63) is 70.7 Å². The molecule has 0 aliphatic rings. The number of ketones is 1. The molecule has 1 N–H and O–H groups in total. The summed E-state index contributed by atoms with van der Waals surface area (Å²) in [4.78, 5) is 12.1. The Morgan fingerprint density at radius 2 is 1.68 bits per heavy atom. The number of hydrogen-bond donors (Lipinski definition) is 1. The Kier molecular flexibility index (Phi) is 4.72. The number of aliphatic hydroxyl groups is 1. The van der Waals surface area contributed by atoms with E-state index >= 15 is 0 Å². The summed E-state index contributed by atoms with van der Waals surface area (Å²) < 4.78 is 0. The standard InChI is InChI=1S/C16H15ClO2/c17-14-9-5-4-8-13(14)16(19)15(18)11-10-12-6-2-1-3-7-12/h1-9,15,18H,10-11H2. The predicted molar refractivity (Wildman–Crippen MR) is 76.6 cm³/mol. The molecule has 0 spiro atoms. The lowest BCUT2D eigenvalue weighted by Gasteiger charge is -2.10. The van der Waals surface area contributed by atoms with E-state index in [1.54, 1.807) is 24.3 Å². The topological polar surface area (TPSA) is 37.3 Å². The first-order valence-corrected chi connectivity index (χ1v) is 6.57. The van der Waals surface area contributed by atoms with Crippen LogP contribution in [0, 0.1) is 0 Å². The van der Waals surface area contributed by atoms with Crippen LogP contribution in [0.3, 0.4) is 0 Å². The molecule has 1 atom stereocenters. The zero-order valence-electron chi connectivity index (χ0n) is 10.4. The fraction of sp³-hybridized carbons (Fsp3) is 0.188. The minimum absolute atomic E-state index is 0.318. The number of hydrogen-bond acceptors (Lipinski definition) is 2. The molecule has 0 aromatic heterocycles. The summed E-state index contributed by atoms with van der Waals surface area (Å²) >= 11 is 5.95. The maximum absolute atomic E-state index is 12.1. The molecule has 0 aliphatic carbocycles. The van der Waals surface area contributed by atoms with E-state index in [0.29, 0.717) is 23.4 Å². The van der Waals surface area contributed by atoms with E-state index < -0.39 is 6.10 Å². The van der Waals surface area contributed by atoms with Crippen molar-refractivity contribution in [2.45, 2.75) is 18.9 Å². The van der Waals surface area contributed by atoms with Crippen LogP contribution in [0.25, 0.3) is 0 Å². The van der Waals surface area contributed by atoms with Gasteiger partial charge in [0.25, 0.3) is 0 Å². The predicted octanol–water partition coefficient (Wildman–Crippen LogP) is 3.52. The second-order valence-electron chi connectivity index (χ2n) is 4.38. The SMILES string of the molecule is O=C(c1ccccc1Cl)C(O)CCc1ccccc1. The van der Waals surface area contributed by atoms with Gasteiger partial charge in [0.05, 0.1) is 5.02 Å². The Morgan fingerprint density at radius 3 is 2.37 bits per heavy atom. The highest BCUT2D eigenvalue weighted by atomic mass is 35.5. The molecule has 2 rings (SSSR count). The van der Waals surface area contributed by atoms with Crippen LogP contribution in [0.5, 0.6) is 0 Å². The first kappa shape index (κ1) is 13.8. The van der Waals surface area contributed by atoms with Gasteiger partial charge in [0.15, 0.2) is 5.78 Å². The van der Waals surface area contributed by atoms with Gasteiger partial charge in [0, 0.05) is 5.56 Å². The third-order valence-electron chi connectivity index (χ3n) is 2.99. The molecular weight excluding hydrogens is 260 g/mol. The summed E-state index contributed by atoms with van der Waals surface area (Å²) in [6, 6.07) is 16.6. The normalized spacial score (nSPS) is 12.1. The molecule has 2 aromatic carbocycles. The highest BCUT2D eigenvalue weighted by Gasteiger charge is 2.18. The number of benzene rings is 2. The first-order chi connectivity index (χ1) is 9.18. The zero-order chi connectivity index (χ0) is 13.7. The summed E-state index contributed by atoms with van der Waals surface area (Å²) in [5.74, 6) is -0.318. The Balaban J connectivity index is 1.99. The quantitative estimate of drug-likeness (QED) is 0.847. The zero-order valence-corrected chi connectivity index (χ0v) is 11.2. The van der Waals surface area contributed by atoms with Gasteiger partial charge in [-0.25, -0.2) is 0 Å². The molecule has 0 saturated heterocycles. The minimum atomic E-state index is -1.01. The van der Waals surface area contributed by atoms with E-state index in [0.717, 1.165) is 5.56 Å². The Morgan fingerprint density at radius 1 is 1.05 bits per heavy atom. The molecule has 1 unspecified atom stereocenters. The van der Waals surface area contributed by atoms with Gasteiger partial charge in [-0.1, -0.05) is 54.1 Å². The van der Waals surface area contributed by atoms with E-state index in [1.807, 2.05) is 30.3 Å². The summed E-state index contributed by atoms with van der Waals surface area (Å²) in [7, 11) is 0. The van der Waals surface area contributed by atoms with Crippen molar-refractivity contribution in [2.24, 2.45) is 0 Å². The first-order valence-electron chi connectivity index (χ1n) is 6.19. The van der Waals surface area contributed by atoms with Crippen LogP contribution < -0.4 is 0 Å². The van der Waals surface area contributed by atoms with Crippen LogP contribution in [0.1, 0.15) is 22.3 Å². The second kappa shape index (κ2) is 6.50. The lowest BCUT2D eigenvalue weighted by Crippen LogP contribution is -2.21. The fourth-order valence-corrected chi connectivity index (χ4v) is 2.15. The van der Waals surface area contributed by atoms with Gasteiger partial charge >= 0.3 is 0 Å². The lowest BCUT2D eigenvalue weighted by atomic mass is 10.00. The van der Waals surface area contributed by atoms with Gasteiger partial charge in [0.2, 0.25) is 0 Å². The maximum atomic E-state index is 12.1. The van der Waals surface area contributed by atoms with Crippen molar-refractivity contribution >= 4 is 17.4 Å². The molecule has 2 aromatic rings. The molecule has 0 amide bonds. The Hall–Kier alpha value is -1.64. The lowest BCUT2D eigenvalue weighted by molar-refractivity contribution is 0.0732. The summed E-state index contributed by atoms with van der Waals surface area (Å²) in [5.41, 5.74) is 1.48. The average Bonchev–Trinajstić information content (AvgIpc) is 2.45. The van der Waals surface area contributed by atoms with Crippen LogP contribution in [0.15, 0.2) is 54.6 Å². The van der Waals surface area contributed by atoms with Crippen LogP contribution in [0.2, 0.25) is 5.02 Å². The van der Waals surface area contributed by atoms with Crippen LogP contribution in [0.4, 0.5) is 0 Å². The number of rotatable bonds is 5. The molecule has 98 valence electrons. The average molecular weight is 275 g/mol. The summed E-state index contributed by atoms with van der Waals surface area (Å²) in [5, 5.41) is 10.3. The minimum Gasteiger partial charge on any atom is -0.385 e. The van der Waals surface area contributed by atoms with Crippen LogP contribution in [-0.4, -0.2) is 17.0 Å². The molecule has 0 radical (unpaired) electrons. The number of carbonyl (C=O) groups excluding carboxylic acids is 1. The van der Waals surface area contributed by atoms with Crippen molar-refractivity contribution in [3.63, 3.8) is 0 Å². The van der Waals surface area contributed by atoms with Gasteiger partial charge in [-0.15, -0.1) is 0 Å². The van der Waals surface area contributed by atoms with E-state index in [-0.39, 0.29) is 5.78 Å². The number of aliphatic hydroxyl groups excluding tert-OH is 1. The molecule has 0 fully saturated rings. The fourth-order valence-electron chi connectivity index (χ4n) is 1.92. The van der Waals surface area contributed by atoms with Crippen molar-refractivity contribution in [3.8, 4) is 0 Å². The van der Waals surface area contributed by atoms with E-state index in [2.05, 4.69) is 0 Å². The second-order valence-corrected chi connectivity index (χ2v) is 4.79. The van der Waals surface area contributed by atoms with Gasteiger partial charge in [-0.05, 0) is 30.5 Å². The largest absolute Gasteiger partial charge is 0.385 e. The molecular formula is C16H15ClO2. The van der Waals surface area contributed by atoms with Gasteiger partial charge < -0.3 is 5.11 Å². The highest BCUT2D eigenvalue weighted by molar-refractivity contribution is 6.34. The maximum Gasteiger partial charge on any atom is 0.192 e. The van der Waals surface area contributed by atoms with Gasteiger partial charge in [0.1, 0.15) is 6.10 Å². The molecule has 0 bridgehead atoms. The number of Topliss-reactive ketones (excluding diaryl/α,β-unsaturated/α-hetero) is 1. The molecule has 3 heteroatoms. The van der Waals surface area contributed by atoms with Crippen LogP contribution in [-0.2, 0) is 6.42 Å². The van der Waals surface area contributed by atoms with Crippen molar-refractivity contribution in [2.75, 3.05) is 0 Å². The third kappa shape index (κ3) is 3.66. The summed E-state index contributed by atoms with van der Waals surface area (Å²) in [6.45, 7) is 0. The summed E-state index contributed by atoms with van der Waals surface area (Å²) in [6.07, 6.45) is 0.0480. The van der Waals surface area contributed by atoms with Crippen molar-refractivity contribution in [1.82, 2.24) is 0 Å². The van der Waals surface area contributed by atoms with E-state index in [1.165, 1.54) is 0 Å². The molecule has 0 saturated carbocycles. The van der Waals surface area contributed by atoms with Crippen molar-refractivity contribution < 1.29 is 9.90 Å². The highest BCUT2D eigenvalue weighted by Crippen LogP contribution is 2.18. The Labute approximate surface area is 117 Å². The van der Waals surface area contributed by atoms with E-state index in [4.69, 9.17) is 11.6 Å². The van der Waals surface area contributed by atoms with Gasteiger partial charge in [-0.3, -0.25) is 4.79 Å². The van der Waals surface area contributed by atoms with Crippen molar-refractivity contribution in [1.29, 1.82) is 0 Å². The number of halogens is 1. The smallest absolute Gasteiger partial charge is 0.192 e. The Bertz CT molecular complexity index is 552. The molecule has 2 nitrogen and oxygen atoms in total. The van der Waals surface area contributed by atoms with E-state index in [9.17, 15) is 9.90 Å². The molecule has 19 heavy (non-hydrogen) atoms. The van der Waals surface area contributed by atoms with Crippen LogP contribution >= 0.6 is 11.6 Å². The molecule has 0 aliphatic heterocycles. The number of aryl methyl sites for hydroxylation is 1.